The number of rotatable bonds is 6. The second-order valence-corrected chi connectivity index (χ2v) is 5.15. The molecule has 1 saturated heterocycles. The second kappa shape index (κ2) is 5.47. The number of carboxylic acid groups (broad SMARTS) is 1. The predicted octanol–water partition coefficient (Wildman–Crippen LogP) is 2.45. The van der Waals surface area contributed by atoms with Crippen LogP contribution in [0.3, 0.4) is 0 Å². The molecule has 0 bridgehead atoms. The van der Waals surface area contributed by atoms with E-state index in [4.69, 9.17) is 5.11 Å². The Bertz CT molecular complexity index is 599. The molecule has 1 aliphatic heterocycles. The van der Waals surface area contributed by atoms with Gasteiger partial charge in [-0.25, -0.2) is 9.59 Å². The van der Waals surface area contributed by atoms with Crippen molar-refractivity contribution in [2.75, 3.05) is 4.90 Å². The van der Waals surface area contributed by atoms with E-state index in [2.05, 4.69) is 11.9 Å². The molecule has 0 aromatic heterocycles. The Kier molecular flexibility index (Phi) is 3.88. The molecule has 1 aromatic rings. The van der Waals surface area contributed by atoms with Gasteiger partial charge >= 0.3 is 12.0 Å². The smallest absolute Gasteiger partial charge is 0.331 e. The maximum Gasteiger partial charge on any atom is 0.331 e. The second-order valence-electron chi connectivity index (χ2n) is 5.15. The first-order valence-corrected chi connectivity index (χ1v) is 6.72. The molecule has 2 rings (SSSR count). The third-order valence-electron chi connectivity index (χ3n) is 3.53. The molecule has 0 spiro atoms. The number of anilines is 1. The fourth-order valence-electron chi connectivity index (χ4n) is 2.68. The van der Waals surface area contributed by atoms with Gasteiger partial charge < -0.3 is 15.5 Å². The number of carboxylic acids is 1. The average molecular weight is 290 g/mol. The molecule has 1 unspecified atom stereocenters. The van der Waals surface area contributed by atoms with E-state index in [1.54, 1.807) is 12.1 Å². The highest BCUT2D eigenvalue weighted by Gasteiger charge is 2.51. The Morgan fingerprint density at radius 1 is 1.48 bits per heavy atom. The fraction of sp³-hybridized carbons (Fsp3) is 0.333. The minimum Gasteiger partial charge on any atom is -0.508 e. The SMILES string of the molecule is C=C(CC1(CCC)NC(=O)N1c1cccc(O)c1)C(=O)O. The minimum absolute atomic E-state index is 0.0357. The highest BCUT2D eigenvalue weighted by molar-refractivity contribution is 6.01. The van der Waals surface area contributed by atoms with E-state index in [0.29, 0.717) is 12.1 Å². The van der Waals surface area contributed by atoms with Gasteiger partial charge in [-0.15, -0.1) is 0 Å². The van der Waals surface area contributed by atoms with E-state index in [9.17, 15) is 14.7 Å². The summed E-state index contributed by atoms with van der Waals surface area (Å²) in [7, 11) is 0. The lowest BCUT2D eigenvalue weighted by Crippen LogP contribution is -2.76. The van der Waals surface area contributed by atoms with Gasteiger partial charge in [0.1, 0.15) is 11.4 Å². The zero-order valence-electron chi connectivity index (χ0n) is 11.8. The predicted molar refractivity (Wildman–Crippen MR) is 78.1 cm³/mol. The largest absolute Gasteiger partial charge is 0.508 e. The van der Waals surface area contributed by atoms with Crippen molar-refractivity contribution in [3.05, 3.63) is 36.4 Å². The summed E-state index contributed by atoms with van der Waals surface area (Å²) in [6.07, 6.45) is 1.47. The van der Waals surface area contributed by atoms with Gasteiger partial charge in [-0.3, -0.25) is 4.90 Å². The van der Waals surface area contributed by atoms with Crippen LogP contribution in [0.4, 0.5) is 10.5 Å². The number of nitrogens with one attached hydrogen (secondary N) is 1. The van der Waals surface area contributed by atoms with E-state index in [-0.39, 0.29) is 23.8 Å². The average Bonchev–Trinajstić information content (AvgIpc) is 2.38. The molecule has 1 aliphatic rings. The van der Waals surface area contributed by atoms with Crippen molar-refractivity contribution >= 4 is 17.7 Å². The normalized spacial score (nSPS) is 20.6. The van der Waals surface area contributed by atoms with Crippen LogP contribution in [0.2, 0.25) is 0 Å². The van der Waals surface area contributed by atoms with Gasteiger partial charge in [0.15, 0.2) is 0 Å². The molecule has 0 aliphatic carbocycles. The van der Waals surface area contributed by atoms with E-state index >= 15 is 0 Å². The molecule has 6 nitrogen and oxygen atoms in total. The number of hydrogen-bond acceptors (Lipinski definition) is 3. The van der Waals surface area contributed by atoms with Crippen molar-refractivity contribution in [2.45, 2.75) is 31.8 Å². The summed E-state index contributed by atoms with van der Waals surface area (Å²) in [6, 6.07) is 6.02. The molecular weight excluding hydrogens is 272 g/mol. The standard InChI is InChI=1S/C15H18N2O4/c1-3-7-15(9-10(2)13(19)20)16-14(21)17(15)11-5-4-6-12(18)8-11/h4-6,8,18H,2-3,7,9H2,1H3,(H,16,21)(H,19,20). The Hall–Kier alpha value is -2.50. The molecule has 0 radical (unpaired) electrons. The quantitative estimate of drug-likeness (QED) is 0.702. The number of phenolic OH excluding ortho intramolecular Hbond substituents is 1. The van der Waals surface area contributed by atoms with Crippen LogP contribution in [0.5, 0.6) is 5.75 Å². The molecule has 1 fully saturated rings. The van der Waals surface area contributed by atoms with Gasteiger partial charge in [0.2, 0.25) is 0 Å². The molecule has 1 atom stereocenters. The number of hydrogen-bond donors (Lipinski definition) is 3. The third kappa shape index (κ3) is 2.69. The number of nitrogens with zero attached hydrogens (tertiary/aromatic N) is 1. The van der Waals surface area contributed by atoms with Crippen molar-refractivity contribution in [3.63, 3.8) is 0 Å². The number of carbonyl (C=O) groups excluding carboxylic acids is 1. The number of carbonyl (C=O) groups is 2. The van der Waals surface area contributed by atoms with E-state index in [0.717, 1.165) is 6.42 Å². The van der Waals surface area contributed by atoms with Crippen molar-refractivity contribution in [1.29, 1.82) is 0 Å². The highest BCUT2D eigenvalue weighted by Crippen LogP contribution is 2.38. The van der Waals surface area contributed by atoms with Crippen LogP contribution in [0.25, 0.3) is 0 Å². The van der Waals surface area contributed by atoms with E-state index in [1.165, 1.54) is 17.0 Å². The van der Waals surface area contributed by atoms with Crippen molar-refractivity contribution in [2.24, 2.45) is 0 Å². The van der Waals surface area contributed by atoms with Crippen molar-refractivity contribution < 1.29 is 19.8 Å². The Morgan fingerprint density at radius 3 is 2.71 bits per heavy atom. The molecular formula is C15H18N2O4. The van der Waals surface area contributed by atoms with Crippen LogP contribution in [-0.4, -0.2) is 27.9 Å². The van der Waals surface area contributed by atoms with Gasteiger partial charge in [-0.05, 0) is 18.6 Å². The van der Waals surface area contributed by atoms with Crippen molar-refractivity contribution in [3.8, 4) is 5.75 Å². The van der Waals surface area contributed by atoms with Crippen LogP contribution >= 0.6 is 0 Å². The number of aliphatic carboxylic acids is 1. The molecule has 0 saturated carbocycles. The first-order chi connectivity index (χ1) is 9.89. The van der Waals surface area contributed by atoms with Crippen LogP contribution in [-0.2, 0) is 4.79 Å². The summed E-state index contributed by atoms with van der Waals surface area (Å²) in [4.78, 5) is 24.5. The first-order valence-electron chi connectivity index (χ1n) is 6.72. The number of phenols is 1. The molecule has 3 N–H and O–H groups in total. The number of aromatic hydroxyl groups is 1. The minimum atomic E-state index is -1.08. The van der Waals surface area contributed by atoms with Crippen molar-refractivity contribution in [1.82, 2.24) is 5.32 Å². The lowest BCUT2D eigenvalue weighted by atomic mass is 9.89. The number of amides is 2. The lowest BCUT2D eigenvalue weighted by molar-refractivity contribution is -0.133. The fourth-order valence-corrected chi connectivity index (χ4v) is 2.68. The highest BCUT2D eigenvalue weighted by atomic mass is 16.4. The van der Waals surface area contributed by atoms with Gasteiger partial charge in [0.05, 0.1) is 5.69 Å². The van der Waals surface area contributed by atoms with Crippen LogP contribution in [0, 0.1) is 0 Å². The van der Waals surface area contributed by atoms with Crippen LogP contribution < -0.4 is 10.2 Å². The third-order valence-corrected chi connectivity index (χ3v) is 3.53. The summed E-state index contributed by atoms with van der Waals surface area (Å²) >= 11 is 0. The zero-order chi connectivity index (χ0) is 15.6. The molecule has 2 amide bonds. The summed E-state index contributed by atoms with van der Waals surface area (Å²) in [5.41, 5.74) is -0.228. The Balaban J connectivity index is 2.34. The maximum absolute atomic E-state index is 11.9. The molecule has 1 heterocycles. The molecule has 112 valence electrons. The summed E-state index contributed by atoms with van der Waals surface area (Å²) < 4.78 is 0. The van der Waals surface area contributed by atoms with Crippen LogP contribution in [0.15, 0.2) is 36.4 Å². The topological polar surface area (TPSA) is 89.9 Å². The van der Waals surface area contributed by atoms with E-state index in [1.807, 2.05) is 6.92 Å². The van der Waals surface area contributed by atoms with Gasteiger partial charge in [-0.1, -0.05) is 26.0 Å². The van der Waals surface area contributed by atoms with E-state index < -0.39 is 11.6 Å². The number of urea groups is 1. The molecule has 1 aromatic carbocycles. The monoisotopic (exact) mass is 290 g/mol. The zero-order valence-corrected chi connectivity index (χ0v) is 11.8. The summed E-state index contributed by atoms with van der Waals surface area (Å²) in [5, 5.41) is 21.4. The van der Waals surface area contributed by atoms with Gasteiger partial charge in [-0.2, -0.15) is 0 Å². The first kappa shape index (κ1) is 14.9. The Morgan fingerprint density at radius 2 is 2.19 bits per heavy atom. The number of benzene rings is 1. The Labute approximate surface area is 122 Å². The van der Waals surface area contributed by atoms with Crippen LogP contribution in [0.1, 0.15) is 26.2 Å². The molecule has 6 heteroatoms. The summed E-state index contributed by atoms with van der Waals surface area (Å²) in [5.74, 6) is -1.03. The lowest BCUT2D eigenvalue weighted by Gasteiger charge is -2.53. The molecule has 21 heavy (non-hydrogen) atoms. The van der Waals surface area contributed by atoms with Gasteiger partial charge in [0, 0.05) is 18.1 Å². The maximum atomic E-state index is 11.9. The van der Waals surface area contributed by atoms with Gasteiger partial charge in [0.25, 0.3) is 0 Å². The summed E-state index contributed by atoms with van der Waals surface area (Å²) in [6.45, 7) is 5.50.